The van der Waals surface area contributed by atoms with Gasteiger partial charge in [0, 0.05) is 32.4 Å². The van der Waals surface area contributed by atoms with Gasteiger partial charge in [-0.25, -0.2) is 14.8 Å². The topological polar surface area (TPSA) is 74.3 Å². The summed E-state index contributed by atoms with van der Waals surface area (Å²) in [6, 6.07) is 2.48. The molecule has 7 nitrogen and oxygen atoms in total. The standard InChI is InChI=1S/C18H25N5O2/c1-11(2)25-18(24)23-8-12-6-14(7-13(12)9-23)22(3)17-15-4-5-19-16(15)20-10-21-17/h4-5,10-14H,6-9H2,1-3H3,(H,19,20,21)/t12-,13+,14+. The summed E-state index contributed by atoms with van der Waals surface area (Å²) < 4.78 is 5.34. The highest BCUT2D eigenvalue weighted by Crippen LogP contribution is 2.41. The lowest BCUT2D eigenvalue weighted by Gasteiger charge is -2.28. The zero-order valence-electron chi connectivity index (χ0n) is 15.0. The molecule has 1 aliphatic heterocycles. The zero-order chi connectivity index (χ0) is 17.6. The molecule has 0 bridgehead atoms. The van der Waals surface area contributed by atoms with Crippen molar-refractivity contribution in [3.05, 3.63) is 18.6 Å². The second-order valence-corrected chi connectivity index (χ2v) is 7.53. The summed E-state index contributed by atoms with van der Waals surface area (Å²) in [5.74, 6) is 2.08. The van der Waals surface area contributed by atoms with Gasteiger partial charge in [-0.1, -0.05) is 0 Å². The van der Waals surface area contributed by atoms with E-state index in [2.05, 4.69) is 26.9 Å². The lowest BCUT2D eigenvalue weighted by molar-refractivity contribution is 0.0812. The van der Waals surface area contributed by atoms with Crippen molar-refractivity contribution in [2.75, 3.05) is 25.0 Å². The Bertz CT molecular complexity index is 760. The van der Waals surface area contributed by atoms with Crippen LogP contribution in [-0.2, 0) is 4.74 Å². The van der Waals surface area contributed by atoms with E-state index in [0.717, 1.165) is 42.8 Å². The second kappa shape index (κ2) is 6.20. The first-order chi connectivity index (χ1) is 12.0. The maximum absolute atomic E-state index is 12.1. The van der Waals surface area contributed by atoms with Gasteiger partial charge in [0.05, 0.1) is 11.5 Å². The fourth-order valence-electron chi connectivity index (χ4n) is 4.32. The van der Waals surface area contributed by atoms with Crippen LogP contribution >= 0.6 is 0 Å². The van der Waals surface area contributed by atoms with Gasteiger partial charge in [-0.2, -0.15) is 0 Å². The van der Waals surface area contributed by atoms with Crippen molar-refractivity contribution in [2.24, 2.45) is 11.8 Å². The van der Waals surface area contributed by atoms with Crippen molar-refractivity contribution in [3.63, 3.8) is 0 Å². The Kier molecular flexibility index (Phi) is 4.01. The van der Waals surface area contributed by atoms with Crippen LogP contribution in [0.4, 0.5) is 10.6 Å². The summed E-state index contributed by atoms with van der Waals surface area (Å²) in [7, 11) is 2.12. The predicted octanol–water partition coefficient (Wildman–Crippen LogP) is 2.65. The van der Waals surface area contributed by atoms with Crippen LogP contribution in [0.1, 0.15) is 26.7 Å². The molecule has 2 fully saturated rings. The number of hydrogen-bond donors (Lipinski definition) is 1. The van der Waals surface area contributed by atoms with Crippen molar-refractivity contribution in [3.8, 4) is 0 Å². The first-order valence-electron chi connectivity index (χ1n) is 8.99. The Morgan fingerprint density at radius 2 is 2.04 bits per heavy atom. The number of amides is 1. The third kappa shape index (κ3) is 2.92. The first kappa shape index (κ1) is 16.2. The number of carbonyl (C=O) groups is 1. The number of fused-ring (bicyclic) bond motifs is 2. The van der Waals surface area contributed by atoms with Gasteiger partial charge in [0.25, 0.3) is 0 Å². The molecule has 0 aromatic carbocycles. The number of anilines is 1. The fourth-order valence-corrected chi connectivity index (χ4v) is 4.32. The van der Waals surface area contributed by atoms with Gasteiger partial charge in [-0.15, -0.1) is 0 Å². The van der Waals surface area contributed by atoms with Crippen LogP contribution in [0.25, 0.3) is 11.0 Å². The van der Waals surface area contributed by atoms with Crippen LogP contribution < -0.4 is 4.90 Å². The highest BCUT2D eigenvalue weighted by Gasteiger charge is 2.44. The monoisotopic (exact) mass is 343 g/mol. The third-order valence-electron chi connectivity index (χ3n) is 5.54. The number of rotatable bonds is 3. The molecule has 1 N–H and O–H groups in total. The van der Waals surface area contributed by atoms with Crippen LogP contribution in [-0.4, -0.2) is 58.2 Å². The molecule has 7 heteroatoms. The number of aromatic nitrogens is 3. The van der Waals surface area contributed by atoms with E-state index < -0.39 is 0 Å². The maximum atomic E-state index is 12.1. The van der Waals surface area contributed by atoms with Crippen LogP contribution in [0, 0.1) is 11.8 Å². The zero-order valence-corrected chi connectivity index (χ0v) is 15.0. The van der Waals surface area contributed by atoms with E-state index >= 15 is 0 Å². The van der Waals surface area contributed by atoms with Crippen LogP contribution in [0.15, 0.2) is 18.6 Å². The third-order valence-corrected chi connectivity index (χ3v) is 5.54. The summed E-state index contributed by atoms with van der Waals surface area (Å²) >= 11 is 0. The molecule has 134 valence electrons. The number of carbonyl (C=O) groups excluding carboxylic acids is 1. The van der Waals surface area contributed by atoms with Crippen molar-refractivity contribution in [1.82, 2.24) is 19.9 Å². The van der Waals surface area contributed by atoms with E-state index in [1.54, 1.807) is 6.33 Å². The molecule has 2 aromatic rings. The number of nitrogens with one attached hydrogen (secondary N) is 1. The van der Waals surface area contributed by atoms with Gasteiger partial charge in [0.15, 0.2) is 0 Å². The molecule has 0 radical (unpaired) electrons. The highest BCUT2D eigenvalue weighted by atomic mass is 16.6. The number of nitrogens with zero attached hydrogens (tertiary/aromatic N) is 4. The largest absolute Gasteiger partial charge is 0.447 e. The molecule has 1 saturated heterocycles. The predicted molar refractivity (Wildman–Crippen MR) is 95.5 cm³/mol. The SMILES string of the molecule is CC(C)OC(=O)N1C[C@H]2C[C@H](N(C)c3ncnc4[nH]ccc34)C[C@H]2C1. The van der Waals surface area contributed by atoms with Gasteiger partial charge < -0.3 is 19.5 Å². The minimum atomic E-state index is -0.167. The molecule has 2 aliphatic rings. The summed E-state index contributed by atoms with van der Waals surface area (Å²) in [4.78, 5) is 28.2. The summed E-state index contributed by atoms with van der Waals surface area (Å²) in [6.45, 7) is 5.40. The molecule has 4 rings (SSSR count). The Balaban J connectivity index is 1.43. The minimum Gasteiger partial charge on any atom is -0.447 e. The van der Waals surface area contributed by atoms with Gasteiger partial charge in [-0.05, 0) is 44.6 Å². The molecule has 1 saturated carbocycles. The highest BCUT2D eigenvalue weighted by molar-refractivity contribution is 5.87. The summed E-state index contributed by atoms with van der Waals surface area (Å²) in [5.41, 5.74) is 0.873. The van der Waals surface area contributed by atoms with Crippen LogP contribution in [0.2, 0.25) is 0 Å². The van der Waals surface area contributed by atoms with Crippen LogP contribution in [0.3, 0.4) is 0 Å². The second-order valence-electron chi connectivity index (χ2n) is 7.53. The number of ether oxygens (including phenoxy) is 1. The quantitative estimate of drug-likeness (QED) is 0.927. The minimum absolute atomic E-state index is 0.0617. The molecule has 3 heterocycles. The Morgan fingerprint density at radius 1 is 1.32 bits per heavy atom. The summed E-state index contributed by atoms with van der Waals surface area (Å²) in [6.07, 6.45) is 5.46. The average molecular weight is 343 g/mol. The molecule has 0 unspecified atom stereocenters. The molecule has 1 aliphatic carbocycles. The average Bonchev–Trinajstić information content (AvgIpc) is 3.26. The maximum Gasteiger partial charge on any atom is 0.410 e. The molecule has 0 spiro atoms. The number of hydrogen-bond acceptors (Lipinski definition) is 5. The van der Waals surface area contributed by atoms with E-state index in [0.29, 0.717) is 17.9 Å². The Hall–Kier alpha value is -2.31. The van der Waals surface area contributed by atoms with E-state index in [4.69, 9.17) is 4.74 Å². The lowest BCUT2D eigenvalue weighted by Crippen LogP contribution is -2.35. The fraction of sp³-hybridized carbons (Fsp3) is 0.611. The van der Waals surface area contributed by atoms with Crippen molar-refractivity contribution < 1.29 is 9.53 Å². The molecule has 3 atom stereocenters. The molecule has 1 amide bonds. The van der Waals surface area contributed by atoms with Gasteiger partial charge in [0.2, 0.25) is 0 Å². The van der Waals surface area contributed by atoms with Gasteiger partial charge in [-0.3, -0.25) is 0 Å². The summed E-state index contributed by atoms with van der Waals surface area (Å²) in [5, 5.41) is 1.06. The Labute approximate surface area is 147 Å². The van der Waals surface area contributed by atoms with Crippen molar-refractivity contribution in [1.29, 1.82) is 0 Å². The van der Waals surface area contributed by atoms with Gasteiger partial charge >= 0.3 is 6.09 Å². The van der Waals surface area contributed by atoms with Crippen LogP contribution in [0.5, 0.6) is 0 Å². The molecule has 25 heavy (non-hydrogen) atoms. The number of aromatic amines is 1. The van der Waals surface area contributed by atoms with Gasteiger partial charge in [0.1, 0.15) is 17.8 Å². The van der Waals surface area contributed by atoms with E-state index in [1.807, 2.05) is 31.0 Å². The molecule has 2 aromatic heterocycles. The van der Waals surface area contributed by atoms with E-state index in [1.165, 1.54) is 0 Å². The Morgan fingerprint density at radius 3 is 2.72 bits per heavy atom. The van der Waals surface area contributed by atoms with E-state index in [9.17, 15) is 4.79 Å². The smallest absolute Gasteiger partial charge is 0.410 e. The molecular weight excluding hydrogens is 318 g/mol. The van der Waals surface area contributed by atoms with Crippen molar-refractivity contribution >= 4 is 22.9 Å². The molecular formula is C18H25N5O2. The van der Waals surface area contributed by atoms with Crippen molar-refractivity contribution in [2.45, 2.75) is 38.8 Å². The number of likely N-dealkylation sites (tertiary alicyclic amines) is 1. The number of H-pyrrole nitrogens is 1. The lowest BCUT2D eigenvalue weighted by atomic mass is 10.0. The normalized spacial score (nSPS) is 25.6. The first-order valence-corrected chi connectivity index (χ1v) is 8.99. The van der Waals surface area contributed by atoms with E-state index in [-0.39, 0.29) is 12.2 Å².